The Morgan fingerprint density at radius 1 is 1.33 bits per heavy atom. The third-order valence-corrected chi connectivity index (χ3v) is 3.57. The summed E-state index contributed by atoms with van der Waals surface area (Å²) in [5, 5.41) is 0. The molecule has 12 heavy (non-hydrogen) atoms. The van der Waals surface area contributed by atoms with Gasteiger partial charge in [-0.15, -0.1) is 0 Å². The fourth-order valence-electron chi connectivity index (χ4n) is 2.60. The average Bonchev–Trinajstić information content (AvgIpc) is 2.58. The average molecular weight is 168 g/mol. The number of rotatable bonds is 3. The lowest BCUT2D eigenvalue weighted by molar-refractivity contribution is 0.110. The Morgan fingerprint density at radius 2 is 1.92 bits per heavy atom. The summed E-state index contributed by atoms with van der Waals surface area (Å²) >= 11 is 0. The molecule has 0 aromatic heterocycles. The lowest BCUT2D eigenvalue weighted by Gasteiger charge is -2.41. The summed E-state index contributed by atoms with van der Waals surface area (Å²) in [5.74, 6) is 0.896. The molecule has 2 N–H and O–H groups in total. The maximum Gasteiger partial charge on any atom is 0.0316 e. The van der Waals surface area contributed by atoms with Crippen molar-refractivity contribution in [2.24, 2.45) is 11.7 Å². The minimum atomic E-state index is 0.189. The van der Waals surface area contributed by atoms with Crippen molar-refractivity contribution in [3.8, 4) is 0 Å². The van der Waals surface area contributed by atoms with E-state index in [-0.39, 0.29) is 5.54 Å². The van der Waals surface area contributed by atoms with Crippen molar-refractivity contribution in [2.75, 3.05) is 14.1 Å². The highest BCUT2D eigenvalue weighted by molar-refractivity contribution is 5.10. The molecule has 1 unspecified atom stereocenters. The van der Waals surface area contributed by atoms with Gasteiger partial charge in [-0.1, -0.05) is 6.42 Å². The molecule has 0 aromatic carbocycles. The minimum Gasteiger partial charge on any atom is -0.324 e. The molecule has 2 aliphatic carbocycles. The predicted octanol–water partition coefficient (Wildman–Crippen LogP) is 1.21. The second-order valence-electron chi connectivity index (χ2n) is 4.83. The van der Waals surface area contributed by atoms with E-state index >= 15 is 0 Å². The van der Waals surface area contributed by atoms with Gasteiger partial charge in [0.2, 0.25) is 0 Å². The molecule has 0 spiro atoms. The van der Waals surface area contributed by atoms with E-state index in [1.807, 2.05) is 0 Å². The van der Waals surface area contributed by atoms with E-state index in [0.29, 0.717) is 6.04 Å². The summed E-state index contributed by atoms with van der Waals surface area (Å²) in [6.07, 6.45) is 6.72. The van der Waals surface area contributed by atoms with Crippen LogP contribution < -0.4 is 5.73 Å². The first kappa shape index (κ1) is 8.52. The highest BCUT2D eigenvalue weighted by Crippen LogP contribution is 2.45. The predicted molar refractivity (Wildman–Crippen MR) is 51.0 cm³/mol. The molecule has 2 fully saturated rings. The fourth-order valence-corrected chi connectivity index (χ4v) is 2.60. The first-order valence-electron chi connectivity index (χ1n) is 5.09. The second kappa shape index (κ2) is 2.71. The van der Waals surface area contributed by atoms with Gasteiger partial charge < -0.3 is 10.6 Å². The zero-order valence-corrected chi connectivity index (χ0v) is 8.21. The molecule has 2 aliphatic rings. The molecule has 2 saturated carbocycles. The van der Waals surface area contributed by atoms with Crippen LogP contribution in [0.4, 0.5) is 0 Å². The molecule has 0 radical (unpaired) electrons. The number of likely N-dealkylation sites (N-methyl/N-ethyl adjacent to an activating group) is 1. The van der Waals surface area contributed by atoms with Gasteiger partial charge >= 0.3 is 0 Å². The van der Waals surface area contributed by atoms with Gasteiger partial charge in [-0.3, -0.25) is 0 Å². The fraction of sp³-hybridized carbons (Fsp3) is 1.00. The highest BCUT2D eigenvalue weighted by Gasteiger charge is 2.50. The number of nitrogens with two attached hydrogens (primary N) is 1. The normalized spacial score (nSPS) is 30.0. The van der Waals surface area contributed by atoms with Crippen molar-refractivity contribution in [3.63, 3.8) is 0 Å². The molecule has 0 bridgehead atoms. The van der Waals surface area contributed by atoms with E-state index in [0.717, 1.165) is 5.92 Å². The Bertz CT molecular complexity index is 169. The highest BCUT2D eigenvalue weighted by atomic mass is 15.2. The van der Waals surface area contributed by atoms with Gasteiger partial charge in [0.05, 0.1) is 0 Å². The van der Waals surface area contributed by atoms with Crippen LogP contribution >= 0.6 is 0 Å². The van der Waals surface area contributed by atoms with Crippen LogP contribution in [0, 0.1) is 5.92 Å². The lowest BCUT2D eigenvalue weighted by atomic mass is 9.75. The van der Waals surface area contributed by atoms with Crippen LogP contribution in [0.15, 0.2) is 0 Å². The zero-order chi connectivity index (χ0) is 8.77. The van der Waals surface area contributed by atoms with Gasteiger partial charge in [-0.25, -0.2) is 0 Å². The van der Waals surface area contributed by atoms with Crippen molar-refractivity contribution < 1.29 is 0 Å². The number of hydrogen-bond donors (Lipinski definition) is 1. The Kier molecular flexibility index (Phi) is 1.92. The van der Waals surface area contributed by atoms with Gasteiger partial charge in [0.1, 0.15) is 0 Å². The summed E-state index contributed by atoms with van der Waals surface area (Å²) in [5.41, 5.74) is 6.45. The van der Waals surface area contributed by atoms with E-state index < -0.39 is 0 Å². The maximum atomic E-state index is 6.26. The lowest BCUT2D eigenvalue weighted by Crippen LogP contribution is -2.52. The van der Waals surface area contributed by atoms with E-state index in [1.54, 1.807) is 0 Å². The topological polar surface area (TPSA) is 29.3 Å². The monoisotopic (exact) mass is 168 g/mol. The van der Waals surface area contributed by atoms with Crippen molar-refractivity contribution >= 4 is 0 Å². The van der Waals surface area contributed by atoms with Gasteiger partial charge in [0.15, 0.2) is 0 Å². The molecule has 2 rings (SSSR count). The van der Waals surface area contributed by atoms with Crippen LogP contribution in [0.2, 0.25) is 0 Å². The smallest absolute Gasteiger partial charge is 0.0316 e. The number of nitrogens with zero attached hydrogens (tertiary/aromatic N) is 1. The van der Waals surface area contributed by atoms with Gasteiger partial charge in [-0.2, -0.15) is 0 Å². The molecule has 0 heterocycles. The quantitative estimate of drug-likeness (QED) is 0.686. The van der Waals surface area contributed by atoms with Crippen LogP contribution in [0.25, 0.3) is 0 Å². The molecule has 70 valence electrons. The zero-order valence-electron chi connectivity index (χ0n) is 8.21. The Labute approximate surface area is 75.1 Å². The van der Waals surface area contributed by atoms with E-state index in [4.69, 9.17) is 5.73 Å². The molecule has 0 saturated heterocycles. The van der Waals surface area contributed by atoms with Crippen molar-refractivity contribution in [3.05, 3.63) is 0 Å². The van der Waals surface area contributed by atoms with Gasteiger partial charge in [0, 0.05) is 11.6 Å². The first-order chi connectivity index (χ1) is 5.63. The second-order valence-corrected chi connectivity index (χ2v) is 4.83. The summed E-state index contributed by atoms with van der Waals surface area (Å²) in [6.45, 7) is 0. The standard InChI is InChI=1S/C10H20N2/c1-12(2)9(8-4-3-5-8)10(11)6-7-10/h8-9H,3-7,11H2,1-2H3. The molecular formula is C10H20N2. The number of hydrogen-bond acceptors (Lipinski definition) is 2. The van der Waals surface area contributed by atoms with Crippen molar-refractivity contribution in [1.29, 1.82) is 0 Å². The molecule has 0 amide bonds. The van der Waals surface area contributed by atoms with Crippen LogP contribution in [0.3, 0.4) is 0 Å². The molecule has 1 atom stereocenters. The minimum absolute atomic E-state index is 0.189. The first-order valence-corrected chi connectivity index (χ1v) is 5.09. The van der Waals surface area contributed by atoms with E-state index in [2.05, 4.69) is 19.0 Å². The largest absolute Gasteiger partial charge is 0.324 e. The van der Waals surface area contributed by atoms with Gasteiger partial charge in [0.25, 0.3) is 0 Å². The third-order valence-electron chi connectivity index (χ3n) is 3.57. The summed E-state index contributed by atoms with van der Waals surface area (Å²) in [6, 6.07) is 0.659. The molecule has 2 nitrogen and oxygen atoms in total. The maximum absolute atomic E-state index is 6.26. The molecule has 2 heteroatoms. The summed E-state index contributed by atoms with van der Waals surface area (Å²) in [4.78, 5) is 2.34. The van der Waals surface area contributed by atoms with Crippen LogP contribution in [-0.4, -0.2) is 30.6 Å². The Hall–Kier alpha value is -0.0800. The molecular weight excluding hydrogens is 148 g/mol. The molecule has 0 aromatic rings. The van der Waals surface area contributed by atoms with Crippen LogP contribution in [-0.2, 0) is 0 Å². The van der Waals surface area contributed by atoms with Gasteiger partial charge in [-0.05, 0) is 45.7 Å². The van der Waals surface area contributed by atoms with Crippen LogP contribution in [0.5, 0.6) is 0 Å². The summed E-state index contributed by atoms with van der Waals surface area (Å²) < 4.78 is 0. The SMILES string of the molecule is CN(C)C(C1CCC1)C1(N)CC1. The van der Waals surface area contributed by atoms with Crippen molar-refractivity contribution in [1.82, 2.24) is 4.90 Å². The Morgan fingerprint density at radius 3 is 2.17 bits per heavy atom. The van der Waals surface area contributed by atoms with Crippen molar-refractivity contribution in [2.45, 2.75) is 43.7 Å². The summed E-state index contributed by atoms with van der Waals surface area (Å²) in [7, 11) is 4.35. The van der Waals surface area contributed by atoms with E-state index in [9.17, 15) is 0 Å². The Balaban J connectivity index is 2.01. The molecule has 0 aliphatic heterocycles. The third kappa shape index (κ3) is 1.27. The van der Waals surface area contributed by atoms with E-state index in [1.165, 1.54) is 32.1 Å². The van der Waals surface area contributed by atoms with Crippen LogP contribution in [0.1, 0.15) is 32.1 Å².